The van der Waals surface area contributed by atoms with Gasteiger partial charge in [-0.1, -0.05) is 36.4 Å². The maximum absolute atomic E-state index is 11.3. The highest BCUT2D eigenvalue weighted by molar-refractivity contribution is 5.68. The first-order valence-corrected chi connectivity index (χ1v) is 7.54. The number of carbonyl (C=O) groups excluding carboxylic acids is 1. The number of nitrogens with one attached hydrogen (secondary N) is 1. The molecule has 0 radical (unpaired) electrons. The van der Waals surface area contributed by atoms with E-state index in [9.17, 15) is 4.79 Å². The summed E-state index contributed by atoms with van der Waals surface area (Å²) in [6, 6.07) is 15.6. The van der Waals surface area contributed by atoms with Gasteiger partial charge in [-0.3, -0.25) is 0 Å². The van der Waals surface area contributed by atoms with Crippen molar-refractivity contribution in [3.05, 3.63) is 59.7 Å². The van der Waals surface area contributed by atoms with Crippen molar-refractivity contribution in [3.8, 4) is 11.5 Å². The maximum Gasteiger partial charge on any atom is 0.407 e. The molecule has 0 aromatic heterocycles. The molecule has 0 saturated carbocycles. The average molecular weight is 313 g/mol. The lowest BCUT2D eigenvalue weighted by atomic mass is 10.0. The molecule has 1 saturated heterocycles. The number of hydrogen-bond donors (Lipinski definition) is 1. The van der Waals surface area contributed by atoms with Crippen molar-refractivity contribution in [2.75, 3.05) is 13.7 Å². The Morgan fingerprint density at radius 1 is 1.17 bits per heavy atom. The number of carbonyl (C=O) groups is 1. The molecule has 5 nitrogen and oxygen atoms in total. The molecule has 1 heterocycles. The summed E-state index contributed by atoms with van der Waals surface area (Å²) in [6.45, 7) is 0.898. The molecule has 1 N–H and O–H groups in total. The summed E-state index contributed by atoms with van der Waals surface area (Å²) in [5.41, 5.74) is 2.07. The third kappa shape index (κ3) is 3.74. The predicted octanol–water partition coefficient (Wildman–Crippen LogP) is 3.45. The van der Waals surface area contributed by atoms with E-state index in [1.807, 2.05) is 48.5 Å². The highest BCUT2D eigenvalue weighted by Gasteiger charge is 2.21. The van der Waals surface area contributed by atoms with E-state index < -0.39 is 0 Å². The molecule has 1 fully saturated rings. The summed E-state index contributed by atoms with van der Waals surface area (Å²) in [7, 11) is 1.61. The van der Waals surface area contributed by atoms with Gasteiger partial charge in [0.05, 0.1) is 19.8 Å². The smallest absolute Gasteiger partial charge is 0.407 e. The van der Waals surface area contributed by atoms with Crippen LogP contribution in [-0.4, -0.2) is 19.8 Å². The Morgan fingerprint density at radius 2 is 2.00 bits per heavy atom. The van der Waals surface area contributed by atoms with Crippen LogP contribution < -0.4 is 14.8 Å². The Hall–Kier alpha value is -2.69. The van der Waals surface area contributed by atoms with Gasteiger partial charge in [0.25, 0.3) is 0 Å². The van der Waals surface area contributed by atoms with Crippen LogP contribution in [0.1, 0.15) is 23.6 Å². The average Bonchev–Trinajstić information content (AvgIpc) is 2.60. The number of hydrogen-bond acceptors (Lipinski definition) is 4. The highest BCUT2D eigenvalue weighted by atomic mass is 16.6. The molecule has 0 aliphatic carbocycles. The molecule has 1 aliphatic heterocycles. The largest absolute Gasteiger partial charge is 0.493 e. The Kier molecular flexibility index (Phi) is 4.66. The molecule has 1 amide bonds. The second kappa shape index (κ2) is 7.05. The molecule has 1 atom stereocenters. The molecular formula is C18H19NO4. The van der Waals surface area contributed by atoms with Crippen LogP contribution in [0.4, 0.5) is 4.79 Å². The summed E-state index contributed by atoms with van der Waals surface area (Å²) in [4.78, 5) is 11.3. The number of rotatable bonds is 5. The number of benzene rings is 2. The van der Waals surface area contributed by atoms with Crippen LogP contribution >= 0.6 is 0 Å². The molecule has 0 unspecified atom stereocenters. The molecule has 5 heteroatoms. The first kappa shape index (κ1) is 15.2. The first-order chi connectivity index (χ1) is 11.3. The fourth-order valence-corrected chi connectivity index (χ4v) is 2.53. The standard InChI is InChI=1S/C18H19NO4/c1-21-17-11-14(15-9-10-22-18(20)19-15)7-8-16(17)23-12-13-5-3-2-4-6-13/h2-8,11,15H,9-10,12H2,1H3,(H,19,20)/t15-/m0/s1. The predicted molar refractivity (Wildman–Crippen MR) is 85.6 cm³/mol. The van der Waals surface area contributed by atoms with E-state index in [4.69, 9.17) is 14.2 Å². The third-order valence-electron chi connectivity index (χ3n) is 3.76. The molecule has 0 spiro atoms. The van der Waals surface area contributed by atoms with Crippen LogP contribution in [0.2, 0.25) is 0 Å². The second-order valence-corrected chi connectivity index (χ2v) is 5.31. The maximum atomic E-state index is 11.3. The Labute approximate surface area is 135 Å². The van der Waals surface area contributed by atoms with Crippen LogP contribution in [0, 0.1) is 0 Å². The van der Waals surface area contributed by atoms with Gasteiger partial charge < -0.3 is 19.5 Å². The molecule has 3 rings (SSSR count). The molecule has 2 aromatic carbocycles. The minimum atomic E-state index is -0.385. The summed E-state index contributed by atoms with van der Waals surface area (Å²) in [6.07, 6.45) is 0.351. The number of cyclic esters (lactones) is 1. The lowest BCUT2D eigenvalue weighted by Crippen LogP contribution is -2.35. The SMILES string of the molecule is COc1cc([C@@H]2CCOC(=O)N2)ccc1OCc1ccccc1. The van der Waals surface area contributed by atoms with E-state index >= 15 is 0 Å². The van der Waals surface area contributed by atoms with Crippen LogP contribution in [-0.2, 0) is 11.3 Å². The Morgan fingerprint density at radius 3 is 2.74 bits per heavy atom. The van der Waals surface area contributed by atoms with Gasteiger partial charge in [-0.2, -0.15) is 0 Å². The molecule has 23 heavy (non-hydrogen) atoms. The molecule has 120 valence electrons. The van der Waals surface area contributed by atoms with E-state index in [0.717, 1.165) is 17.5 Å². The van der Waals surface area contributed by atoms with Gasteiger partial charge in [-0.15, -0.1) is 0 Å². The Bertz CT molecular complexity index is 672. The second-order valence-electron chi connectivity index (χ2n) is 5.31. The summed E-state index contributed by atoms with van der Waals surface area (Å²) in [5.74, 6) is 1.33. The van der Waals surface area contributed by atoms with Gasteiger partial charge in [0.15, 0.2) is 11.5 Å². The van der Waals surface area contributed by atoms with Crippen LogP contribution in [0.3, 0.4) is 0 Å². The summed E-state index contributed by atoms with van der Waals surface area (Å²) >= 11 is 0. The highest BCUT2D eigenvalue weighted by Crippen LogP contribution is 2.32. The van der Waals surface area contributed by atoms with Gasteiger partial charge in [0.2, 0.25) is 0 Å². The normalized spacial score (nSPS) is 17.1. The van der Waals surface area contributed by atoms with E-state index in [1.54, 1.807) is 7.11 Å². The number of methoxy groups -OCH3 is 1. The zero-order valence-corrected chi connectivity index (χ0v) is 13.0. The molecular weight excluding hydrogens is 294 g/mol. The Balaban J connectivity index is 1.73. The minimum Gasteiger partial charge on any atom is -0.493 e. The van der Waals surface area contributed by atoms with Crippen molar-refractivity contribution < 1.29 is 19.0 Å². The minimum absolute atomic E-state index is 0.0617. The molecule has 1 aliphatic rings. The zero-order valence-electron chi connectivity index (χ0n) is 13.0. The van der Waals surface area contributed by atoms with Crippen molar-refractivity contribution in [2.45, 2.75) is 19.1 Å². The van der Waals surface area contributed by atoms with E-state index in [0.29, 0.717) is 24.7 Å². The topological polar surface area (TPSA) is 56.8 Å². The zero-order chi connectivity index (χ0) is 16.1. The van der Waals surface area contributed by atoms with Crippen molar-refractivity contribution >= 4 is 6.09 Å². The van der Waals surface area contributed by atoms with Gasteiger partial charge in [-0.25, -0.2) is 4.79 Å². The fourth-order valence-electron chi connectivity index (χ4n) is 2.53. The van der Waals surface area contributed by atoms with Crippen LogP contribution in [0.15, 0.2) is 48.5 Å². The quantitative estimate of drug-likeness (QED) is 0.918. The van der Waals surface area contributed by atoms with Crippen LogP contribution in [0.5, 0.6) is 11.5 Å². The fraction of sp³-hybridized carbons (Fsp3) is 0.278. The van der Waals surface area contributed by atoms with E-state index in [1.165, 1.54) is 0 Å². The summed E-state index contributed by atoms with van der Waals surface area (Å²) < 4.78 is 16.2. The number of alkyl carbamates (subject to hydrolysis) is 1. The van der Waals surface area contributed by atoms with Crippen molar-refractivity contribution in [3.63, 3.8) is 0 Å². The van der Waals surface area contributed by atoms with Crippen molar-refractivity contribution in [2.24, 2.45) is 0 Å². The first-order valence-electron chi connectivity index (χ1n) is 7.54. The summed E-state index contributed by atoms with van der Waals surface area (Å²) in [5, 5.41) is 2.80. The lowest BCUT2D eigenvalue weighted by molar-refractivity contribution is 0.115. The van der Waals surface area contributed by atoms with Crippen molar-refractivity contribution in [1.82, 2.24) is 5.32 Å². The molecule has 0 bridgehead atoms. The number of amides is 1. The lowest BCUT2D eigenvalue weighted by Gasteiger charge is -2.24. The van der Waals surface area contributed by atoms with Gasteiger partial charge in [-0.05, 0) is 23.3 Å². The van der Waals surface area contributed by atoms with Gasteiger partial charge in [0, 0.05) is 6.42 Å². The third-order valence-corrected chi connectivity index (χ3v) is 3.76. The van der Waals surface area contributed by atoms with Gasteiger partial charge in [0.1, 0.15) is 6.61 Å². The number of ether oxygens (including phenoxy) is 3. The van der Waals surface area contributed by atoms with E-state index in [2.05, 4.69) is 5.32 Å². The van der Waals surface area contributed by atoms with Gasteiger partial charge >= 0.3 is 6.09 Å². The monoisotopic (exact) mass is 313 g/mol. The van der Waals surface area contributed by atoms with Crippen molar-refractivity contribution in [1.29, 1.82) is 0 Å². The van der Waals surface area contributed by atoms with Crippen LogP contribution in [0.25, 0.3) is 0 Å². The van der Waals surface area contributed by atoms with E-state index in [-0.39, 0.29) is 12.1 Å². The molecule has 2 aromatic rings.